The molecule has 0 saturated heterocycles. The lowest BCUT2D eigenvalue weighted by molar-refractivity contribution is 0.0240. The summed E-state index contributed by atoms with van der Waals surface area (Å²) in [5.74, 6) is 0. The van der Waals surface area contributed by atoms with Crippen LogP contribution in [0.3, 0.4) is 0 Å². The Kier molecular flexibility index (Phi) is 3.58. The molecule has 2 heterocycles. The Balaban J connectivity index is 2.33. The van der Waals surface area contributed by atoms with Crippen molar-refractivity contribution in [2.45, 2.75) is 46.4 Å². The number of amides is 1. The lowest BCUT2D eigenvalue weighted by Crippen LogP contribution is -2.33. The lowest BCUT2D eigenvalue weighted by Gasteiger charge is -2.24. The fraction of sp³-hybridized carbons (Fsp3) is 0.571. The Morgan fingerprint density at radius 2 is 1.90 bits per heavy atom. The molecule has 0 spiro atoms. The van der Waals surface area contributed by atoms with E-state index < -0.39 is 5.60 Å². The molecule has 0 saturated carbocycles. The van der Waals surface area contributed by atoms with Crippen LogP contribution in [0.1, 0.15) is 37.6 Å². The van der Waals surface area contributed by atoms with Crippen LogP contribution < -0.4 is 5.56 Å². The number of hydrogen-bond acceptors (Lipinski definition) is 3. The van der Waals surface area contributed by atoms with E-state index >= 15 is 0 Å². The SMILES string of the molecule is Cc1c2c(n(C)c(=O)c1Cl)CN(C(=O)OC(C)(C)C)C2. The molecule has 1 amide bonds. The molecular formula is C14H19ClN2O3. The Labute approximate surface area is 123 Å². The number of ether oxygens (including phenoxy) is 1. The quantitative estimate of drug-likeness (QED) is 0.740. The van der Waals surface area contributed by atoms with Gasteiger partial charge in [-0.3, -0.25) is 9.69 Å². The van der Waals surface area contributed by atoms with E-state index in [-0.39, 0.29) is 16.7 Å². The van der Waals surface area contributed by atoms with Gasteiger partial charge in [0, 0.05) is 12.7 Å². The predicted octanol–water partition coefficient (Wildman–Crippen LogP) is 2.60. The molecule has 0 radical (unpaired) electrons. The lowest BCUT2D eigenvalue weighted by atomic mass is 10.1. The average Bonchev–Trinajstić information content (AvgIpc) is 2.77. The molecule has 1 aliphatic heterocycles. The van der Waals surface area contributed by atoms with Crippen LogP contribution in [0.4, 0.5) is 4.79 Å². The molecule has 20 heavy (non-hydrogen) atoms. The molecule has 0 N–H and O–H groups in total. The summed E-state index contributed by atoms with van der Waals surface area (Å²) in [6.45, 7) is 8.07. The van der Waals surface area contributed by atoms with Crippen LogP contribution in [-0.4, -0.2) is 21.2 Å². The normalized spacial score (nSPS) is 14.4. The van der Waals surface area contributed by atoms with Crippen LogP contribution in [-0.2, 0) is 24.9 Å². The van der Waals surface area contributed by atoms with E-state index in [2.05, 4.69) is 0 Å². The van der Waals surface area contributed by atoms with Gasteiger partial charge in [-0.25, -0.2) is 4.79 Å². The van der Waals surface area contributed by atoms with Gasteiger partial charge >= 0.3 is 6.09 Å². The Morgan fingerprint density at radius 3 is 2.45 bits per heavy atom. The smallest absolute Gasteiger partial charge is 0.410 e. The van der Waals surface area contributed by atoms with Crippen molar-refractivity contribution in [1.29, 1.82) is 0 Å². The summed E-state index contributed by atoms with van der Waals surface area (Å²) in [5.41, 5.74) is 1.74. The molecule has 1 aromatic rings. The molecule has 6 heteroatoms. The number of carbonyl (C=O) groups excluding carboxylic acids is 1. The Hall–Kier alpha value is -1.49. The van der Waals surface area contributed by atoms with E-state index in [1.165, 1.54) is 4.57 Å². The first kappa shape index (κ1) is 14.9. The van der Waals surface area contributed by atoms with E-state index in [0.717, 1.165) is 16.8 Å². The summed E-state index contributed by atoms with van der Waals surface area (Å²) < 4.78 is 6.87. The number of aromatic nitrogens is 1. The Morgan fingerprint density at radius 1 is 1.30 bits per heavy atom. The zero-order valence-electron chi connectivity index (χ0n) is 12.4. The van der Waals surface area contributed by atoms with E-state index in [1.54, 1.807) is 18.9 Å². The highest BCUT2D eigenvalue weighted by Crippen LogP contribution is 2.28. The molecule has 5 nitrogen and oxygen atoms in total. The van der Waals surface area contributed by atoms with Crippen molar-refractivity contribution in [2.75, 3.05) is 0 Å². The number of halogens is 1. The Bertz CT molecular complexity index is 629. The number of nitrogens with zero attached hydrogens (tertiary/aromatic N) is 2. The van der Waals surface area contributed by atoms with Crippen molar-refractivity contribution in [2.24, 2.45) is 7.05 Å². The van der Waals surface area contributed by atoms with Crippen LogP contribution >= 0.6 is 11.6 Å². The highest BCUT2D eigenvalue weighted by atomic mass is 35.5. The standard InChI is InChI=1S/C14H19ClN2O3/c1-8-9-6-17(13(19)20-14(2,3)4)7-10(9)16(5)12(18)11(8)15/h6-7H2,1-5H3. The molecular weight excluding hydrogens is 280 g/mol. The summed E-state index contributed by atoms with van der Waals surface area (Å²) in [6.07, 6.45) is -0.378. The predicted molar refractivity (Wildman–Crippen MR) is 76.9 cm³/mol. The van der Waals surface area contributed by atoms with Gasteiger partial charge in [-0.15, -0.1) is 0 Å². The second-order valence-electron chi connectivity index (χ2n) is 6.06. The van der Waals surface area contributed by atoms with Crippen molar-refractivity contribution in [1.82, 2.24) is 9.47 Å². The van der Waals surface area contributed by atoms with Gasteiger partial charge in [-0.05, 0) is 38.8 Å². The minimum atomic E-state index is -0.537. The van der Waals surface area contributed by atoms with Gasteiger partial charge in [0.1, 0.15) is 10.6 Å². The van der Waals surface area contributed by atoms with Crippen molar-refractivity contribution in [3.8, 4) is 0 Å². The second kappa shape index (κ2) is 4.81. The molecule has 0 aliphatic carbocycles. The minimum absolute atomic E-state index is 0.220. The van der Waals surface area contributed by atoms with Crippen molar-refractivity contribution < 1.29 is 9.53 Å². The fourth-order valence-corrected chi connectivity index (χ4v) is 2.52. The third kappa shape index (κ3) is 2.54. The minimum Gasteiger partial charge on any atom is -0.444 e. The van der Waals surface area contributed by atoms with Crippen molar-refractivity contribution in [3.63, 3.8) is 0 Å². The van der Waals surface area contributed by atoms with E-state index in [9.17, 15) is 9.59 Å². The first-order valence-electron chi connectivity index (χ1n) is 6.46. The molecule has 2 rings (SSSR count). The third-order valence-electron chi connectivity index (χ3n) is 3.37. The highest BCUT2D eigenvalue weighted by Gasteiger charge is 2.31. The topological polar surface area (TPSA) is 51.5 Å². The maximum Gasteiger partial charge on any atom is 0.410 e. The maximum absolute atomic E-state index is 12.1. The summed E-state index contributed by atoms with van der Waals surface area (Å²) in [5, 5.41) is 0.220. The zero-order chi connectivity index (χ0) is 15.2. The van der Waals surface area contributed by atoms with Gasteiger partial charge < -0.3 is 9.30 Å². The van der Waals surface area contributed by atoms with Crippen LogP contribution in [0.25, 0.3) is 0 Å². The number of pyridine rings is 1. The number of rotatable bonds is 0. The third-order valence-corrected chi connectivity index (χ3v) is 3.81. The van der Waals surface area contributed by atoms with Crippen LogP contribution in [0.5, 0.6) is 0 Å². The van der Waals surface area contributed by atoms with Crippen molar-refractivity contribution >= 4 is 17.7 Å². The molecule has 1 aromatic heterocycles. The number of fused-ring (bicyclic) bond motifs is 1. The number of carbonyl (C=O) groups is 1. The molecule has 0 fully saturated rings. The van der Waals surface area contributed by atoms with E-state index in [4.69, 9.17) is 16.3 Å². The van der Waals surface area contributed by atoms with E-state index in [0.29, 0.717) is 13.1 Å². The average molecular weight is 299 g/mol. The summed E-state index contributed by atoms with van der Waals surface area (Å²) in [7, 11) is 1.67. The second-order valence-corrected chi connectivity index (χ2v) is 6.44. The molecule has 0 atom stereocenters. The monoisotopic (exact) mass is 298 g/mol. The van der Waals surface area contributed by atoms with Crippen LogP contribution in [0, 0.1) is 6.92 Å². The fourth-order valence-electron chi connectivity index (χ4n) is 2.28. The largest absolute Gasteiger partial charge is 0.444 e. The van der Waals surface area contributed by atoms with Gasteiger partial charge in [-0.1, -0.05) is 11.6 Å². The maximum atomic E-state index is 12.1. The molecule has 1 aliphatic rings. The van der Waals surface area contributed by atoms with Gasteiger partial charge in [-0.2, -0.15) is 0 Å². The number of hydrogen-bond donors (Lipinski definition) is 0. The summed E-state index contributed by atoms with van der Waals surface area (Å²) in [6, 6.07) is 0. The summed E-state index contributed by atoms with van der Waals surface area (Å²) in [4.78, 5) is 25.6. The van der Waals surface area contributed by atoms with E-state index in [1.807, 2.05) is 20.8 Å². The first-order chi connectivity index (χ1) is 9.11. The van der Waals surface area contributed by atoms with Crippen LogP contribution in [0.2, 0.25) is 5.02 Å². The molecule has 0 unspecified atom stereocenters. The molecule has 0 aromatic carbocycles. The van der Waals surface area contributed by atoms with Crippen LogP contribution in [0.15, 0.2) is 4.79 Å². The van der Waals surface area contributed by atoms with Gasteiger partial charge in [0.15, 0.2) is 0 Å². The molecule has 110 valence electrons. The van der Waals surface area contributed by atoms with Gasteiger partial charge in [0.25, 0.3) is 5.56 Å². The molecule has 0 bridgehead atoms. The highest BCUT2D eigenvalue weighted by molar-refractivity contribution is 6.31. The summed E-state index contributed by atoms with van der Waals surface area (Å²) >= 11 is 6.03. The van der Waals surface area contributed by atoms with Crippen molar-refractivity contribution in [3.05, 3.63) is 32.2 Å². The van der Waals surface area contributed by atoms with Gasteiger partial charge in [0.2, 0.25) is 0 Å². The first-order valence-corrected chi connectivity index (χ1v) is 6.84. The van der Waals surface area contributed by atoms with Gasteiger partial charge in [0.05, 0.1) is 13.1 Å². The zero-order valence-corrected chi connectivity index (χ0v) is 13.2.